The van der Waals surface area contributed by atoms with Crippen LogP contribution in [0.3, 0.4) is 0 Å². The lowest BCUT2D eigenvalue weighted by atomic mass is 10.2. The van der Waals surface area contributed by atoms with Gasteiger partial charge in [-0.3, -0.25) is 4.79 Å². The van der Waals surface area contributed by atoms with Crippen molar-refractivity contribution in [2.75, 3.05) is 6.61 Å². The van der Waals surface area contributed by atoms with E-state index in [2.05, 4.69) is 0 Å². The molecule has 1 amide bonds. The van der Waals surface area contributed by atoms with E-state index in [1.807, 2.05) is 6.92 Å². The van der Waals surface area contributed by atoms with Gasteiger partial charge in [0.25, 0.3) is 5.91 Å². The summed E-state index contributed by atoms with van der Waals surface area (Å²) in [7, 11) is 0. The Morgan fingerprint density at radius 1 is 1.62 bits per heavy atom. The van der Waals surface area contributed by atoms with Crippen molar-refractivity contribution < 1.29 is 14.3 Å². The molecule has 0 unspecified atom stereocenters. The first kappa shape index (κ1) is 7.91. The third-order valence-corrected chi connectivity index (χ3v) is 1.80. The van der Waals surface area contributed by atoms with Crippen molar-refractivity contribution >= 4 is 5.91 Å². The van der Waals surface area contributed by atoms with Crippen LogP contribution in [0.5, 0.6) is 17.2 Å². The molecule has 0 bridgehead atoms. The van der Waals surface area contributed by atoms with Gasteiger partial charge in [-0.15, -0.1) is 0 Å². The van der Waals surface area contributed by atoms with Gasteiger partial charge in [0.2, 0.25) is 0 Å². The van der Waals surface area contributed by atoms with Crippen LogP contribution in [0.4, 0.5) is 0 Å². The first-order valence-corrected chi connectivity index (χ1v) is 4.01. The number of carbonyl (C=O) groups excluding carboxylic acids is 1. The molecule has 1 aliphatic rings. The summed E-state index contributed by atoms with van der Waals surface area (Å²) < 4.78 is 10.3. The van der Waals surface area contributed by atoms with Crippen molar-refractivity contribution in [3.8, 4) is 17.2 Å². The van der Waals surface area contributed by atoms with Crippen LogP contribution in [0, 0.1) is 0 Å². The lowest BCUT2D eigenvalue weighted by Crippen LogP contribution is -2.12. The number of fused-ring (bicyclic) bond motifs is 1. The number of hydrogen-bond acceptors (Lipinski definition) is 3. The first-order valence-electron chi connectivity index (χ1n) is 4.01. The fraction of sp³-hybridized carbons (Fsp3) is 0.222. The average Bonchev–Trinajstić information content (AvgIpc) is 2.82. The molecule has 0 fully saturated rings. The van der Waals surface area contributed by atoms with E-state index in [-0.39, 0.29) is 0 Å². The van der Waals surface area contributed by atoms with Crippen molar-refractivity contribution in [1.29, 1.82) is 0 Å². The number of primary amides is 1. The van der Waals surface area contributed by atoms with E-state index in [0.717, 1.165) is 0 Å². The zero-order valence-corrected chi connectivity index (χ0v) is 7.16. The molecule has 0 spiro atoms. The molecule has 0 saturated heterocycles. The molecule has 13 heavy (non-hydrogen) atoms. The molecule has 0 radical (unpaired) electrons. The Bertz CT molecular complexity index is 373. The second-order valence-corrected chi connectivity index (χ2v) is 2.67. The van der Waals surface area contributed by atoms with Gasteiger partial charge in [-0.25, -0.2) is 0 Å². The summed E-state index contributed by atoms with van der Waals surface area (Å²) in [4.78, 5) is 11.0. The molecule has 68 valence electrons. The van der Waals surface area contributed by atoms with Crippen molar-refractivity contribution in [3.63, 3.8) is 0 Å². The van der Waals surface area contributed by atoms with Gasteiger partial charge < -0.3 is 15.2 Å². The van der Waals surface area contributed by atoms with E-state index >= 15 is 0 Å². The maximum absolute atomic E-state index is 11.0. The highest BCUT2D eigenvalue weighted by atomic mass is 16.6. The Morgan fingerprint density at radius 3 is 3.00 bits per heavy atom. The molecule has 0 atom stereocenters. The molecule has 0 saturated carbocycles. The topological polar surface area (TPSA) is 64.8 Å². The molecule has 1 aromatic rings. The van der Waals surface area contributed by atoms with Crippen LogP contribution in [0.2, 0.25) is 0 Å². The predicted octanol–water partition coefficient (Wildman–Crippen LogP) is 1.29. The van der Waals surface area contributed by atoms with Crippen LogP contribution >= 0.6 is 0 Å². The fourth-order valence-corrected chi connectivity index (χ4v) is 1.22. The van der Waals surface area contributed by atoms with Gasteiger partial charge >= 0.3 is 0 Å². The minimum absolute atomic E-state index is 0.347. The van der Waals surface area contributed by atoms with Crippen LogP contribution in [0.25, 0.3) is 0 Å². The third kappa shape index (κ3) is 1.20. The van der Waals surface area contributed by atoms with Gasteiger partial charge in [0.15, 0.2) is 11.5 Å². The zero-order chi connectivity index (χ0) is 9.42. The number of ether oxygens (including phenoxy) is 2. The second-order valence-electron chi connectivity index (χ2n) is 2.67. The zero-order valence-electron chi connectivity index (χ0n) is 7.16. The third-order valence-electron chi connectivity index (χ3n) is 1.80. The SMILES string of the molecule is CCOc1ccc2c(c1C(N)=O)O2. The summed E-state index contributed by atoms with van der Waals surface area (Å²) in [6.45, 7) is 2.34. The minimum Gasteiger partial charge on any atom is -0.493 e. The number of carbonyl (C=O) groups is 1. The van der Waals surface area contributed by atoms with Crippen molar-refractivity contribution in [1.82, 2.24) is 0 Å². The van der Waals surface area contributed by atoms with Crippen molar-refractivity contribution in [2.24, 2.45) is 5.73 Å². The molecule has 0 aliphatic carbocycles. The molecule has 0 aromatic heterocycles. The number of nitrogens with two attached hydrogens (primary N) is 1. The Morgan fingerprint density at radius 2 is 2.38 bits per heavy atom. The van der Waals surface area contributed by atoms with Gasteiger partial charge in [0, 0.05) is 0 Å². The molecule has 2 rings (SSSR count). The summed E-state index contributed by atoms with van der Waals surface area (Å²) in [5.74, 6) is 1.24. The quantitative estimate of drug-likeness (QED) is 0.722. The Balaban J connectivity index is 2.45. The molecular weight excluding hydrogens is 170 g/mol. The molecular formula is C9H9NO3. The number of rotatable bonds is 3. The van der Waals surface area contributed by atoms with Crippen LogP contribution < -0.4 is 15.2 Å². The molecule has 4 nitrogen and oxygen atoms in total. The predicted molar refractivity (Wildman–Crippen MR) is 46.2 cm³/mol. The lowest BCUT2D eigenvalue weighted by molar-refractivity contribution is 0.0996. The summed E-state index contributed by atoms with van der Waals surface area (Å²) in [6, 6.07) is 3.45. The lowest BCUT2D eigenvalue weighted by Gasteiger charge is -2.03. The molecule has 1 aliphatic heterocycles. The number of benzene rings is 1. The largest absolute Gasteiger partial charge is 0.493 e. The molecule has 1 aromatic carbocycles. The smallest absolute Gasteiger partial charge is 0.256 e. The summed E-state index contributed by atoms with van der Waals surface area (Å²) in [5, 5.41) is 0. The van der Waals surface area contributed by atoms with E-state index in [0.29, 0.717) is 29.4 Å². The maximum Gasteiger partial charge on any atom is 0.256 e. The van der Waals surface area contributed by atoms with E-state index in [1.54, 1.807) is 12.1 Å². The fourth-order valence-electron chi connectivity index (χ4n) is 1.22. The molecule has 1 heterocycles. The summed E-state index contributed by atoms with van der Waals surface area (Å²) in [5.41, 5.74) is 5.53. The number of amides is 1. The highest BCUT2D eigenvalue weighted by Gasteiger charge is 2.30. The van der Waals surface area contributed by atoms with Gasteiger partial charge in [0.05, 0.1) is 6.61 Å². The average molecular weight is 179 g/mol. The number of hydrogen-bond donors (Lipinski definition) is 1. The minimum atomic E-state index is -0.516. The van der Waals surface area contributed by atoms with E-state index in [4.69, 9.17) is 15.2 Å². The van der Waals surface area contributed by atoms with Crippen molar-refractivity contribution in [2.45, 2.75) is 6.92 Å². The highest BCUT2D eigenvalue weighted by molar-refractivity contribution is 6.01. The van der Waals surface area contributed by atoms with Crippen LogP contribution in [0.15, 0.2) is 12.1 Å². The van der Waals surface area contributed by atoms with Gasteiger partial charge in [-0.1, -0.05) is 0 Å². The molecule has 4 heteroatoms. The van der Waals surface area contributed by atoms with E-state index < -0.39 is 5.91 Å². The normalized spacial score (nSPS) is 11.5. The van der Waals surface area contributed by atoms with E-state index in [1.165, 1.54) is 0 Å². The first-order chi connectivity index (χ1) is 6.24. The van der Waals surface area contributed by atoms with Crippen LogP contribution in [-0.2, 0) is 0 Å². The Hall–Kier alpha value is -1.71. The van der Waals surface area contributed by atoms with E-state index in [9.17, 15) is 4.79 Å². The standard InChI is InChI=1S/C9H9NO3/c1-2-12-5-3-4-6-8(13-6)7(5)9(10)11/h3-4H,2H2,1H3,(H2,10,11). The van der Waals surface area contributed by atoms with Crippen molar-refractivity contribution in [3.05, 3.63) is 17.7 Å². The van der Waals surface area contributed by atoms with Gasteiger partial charge in [-0.05, 0) is 19.1 Å². The molecule has 2 N–H and O–H groups in total. The second kappa shape index (κ2) is 2.65. The van der Waals surface area contributed by atoms with Gasteiger partial charge in [-0.2, -0.15) is 0 Å². The summed E-state index contributed by atoms with van der Waals surface area (Å²) in [6.07, 6.45) is 0. The van der Waals surface area contributed by atoms with Crippen LogP contribution in [-0.4, -0.2) is 12.5 Å². The maximum atomic E-state index is 11.0. The highest BCUT2D eigenvalue weighted by Crippen LogP contribution is 2.51. The summed E-state index contributed by atoms with van der Waals surface area (Å²) >= 11 is 0. The van der Waals surface area contributed by atoms with Gasteiger partial charge in [0.1, 0.15) is 11.3 Å². The van der Waals surface area contributed by atoms with Crippen LogP contribution in [0.1, 0.15) is 17.3 Å². The monoisotopic (exact) mass is 179 g/mol. The Kier molecular flexibility index (Phi) is 1.62. The Labute approximate surface area is 75.2 Å².